The number of rotatable bonds is 4. The van der Waals surface area contributed by atoms with Gasteiger partial charge in [-0.3, -0.25) is 0 Å². The first-order valence-electron chi connectivity index (χ1n) is 6.78. The summed E-state index contributed by atoms with van der Waals surface area (Å²) >= 11 is 0. The molecule has 0 unspecified atom stereocenters. The van der Waals surface area contributed by atoms with Gasteiger partial charge in [-0.15, -0.1) is 0 Å². The van der Waals surface area contributed by atoms with Crippen molar-refractivity contribution in [3.8, 4) is 0 Å². The Hall–Kier alpha value is -2.32. The highest BCUT2D eigenvalue weighted by molar-refractivity contribution is 5.81. The highest BCUT2D eigenvalue weighted by Gasteiger charge is 2.05. The van der Waals surface area contributed by atoms with Gasteiger partial charge < -0.3 is 9.67 Å². The Kier molecular flexibility index (Phi) is 3.66. The van der Waals surface area contributed by atoms with Crippen LogP contribution >= 0.6 is 0 Å². The molecule has 2 aromatic carbocycles. The molecule has 0 amide bonds. The zero-order chi connectivity index (χ0) is 13.8. The van der Waals surface area contributed by atoms with Crippen LogP contribution < -0.4 is 0 Å². The lowest BCUT2D eigenvalue weighted by Gasteiger charge is -2.06. The summed E-state index contributed by atoms with van der Waals surface area (Å²) in [5.41, 5.74) is 3.30. The first-order chi connectivity index (χ1) is 9.88. The standard InChI is InChI=1S/C18H17NO/c20-14-17-13-16-10-4-5-11-18(16)19(17)12-6-9-15-7-2-1-3-8-15/h1-11,13,20H,12,14H2/b9-6+. The first kappa shape index (κ1) is 12.7. The van der Waals surface area contributed by atoms with Gasteiger partial charge in [0, 0.05) is 17.8 Å². The maximum atomic E-state index is 9.49. The van der Waals surface area contributed by atoms with Gasteiger partial charge in [-0.1, -0.05) is 60.7 Å². The lowest BCUT2D eigenvalue weighted by Crippen LogP contribution is -2.00. The lowest BCUT2D eigenvalue weighted by molar-refractivity contribution is 0.272. The summed E-state index contributed by atoms with van der Waals surface area (Å²) in [6, 6.07) is 20.5. The van der Waals surface area contributed by atoms with E-state index in [-0.39, 0.29) is 6.61 Å². The summed E-state index contributed by atoms with van der Waals surface area (Å²) in [7, 11) is 0. The zero-order valence-electron chi connectivity index (χ0n) is 11.2. The van der Waals surface area contributed by atoms with Crippen molar-refractivity contribution in [3.05, 3.63) is 78.0 Å². The normalized spacial score (nSPS) is 11.4. The zero-order valence-corrected chi connectivity index (χ0v) is 11.2. The monoisotopic (exact) mass is 263 g/mol. The first-order valence-corrected chi connectivity index (χ1v) is 6.78. The Balaban J connectivity index is 1.89. The number of allylic oxidation sites excluding steroid dienone is 1. The van der Waals surface area contributed by atoms with Gasteiger partial charge in [-0.05, 0) is 23.1 Å². The van der Waals surface area contributed by atoms with E-state index in [0.29, 0.717) is 0 Å². The number of aliphatic hydroxyl groups is 1. The van der Waals surface area contributed by atoms with Gasteiger partial charge in [0.15, 0.2) is 0 Å². The number of para-hydroxylation sites is 1. The molecule has 1 aromatic heterocycles. The highest BCUT2D eigenvalue weighted by atomic mass is 16.3. The molecule has 3 aromatic rings. The molecule has 0 saturated carbocycles. The number of aliphatic hydroxyl groups excluding tert-OH is 1. The van der Waals surface area contributed by atoms with E-state index in [0.717, 1.165) is 17.8 Å². The molecule has 3 rings (SSSR count). The summed E-state index contributed by atoms with van der Waals surface area (Å²) in [5, 5.41) is 10.7. The van der Waals surface area contributed by atoms with E-state index in [4.69, 9.17) is 0 Å². The van der Waals surface area contributed by atoms with Crippen molar-refractivity contribution < 1.29 is 5.11 Å². The van der Waals surface area contributed by atoms with Gasteiger partial charge in [-0.2, -0.15) is 0 Å². The van der Waals surface area contributed by atoms with Crippen molar-refractivity contribution in [3.63, 3.8) is 0 Å². The molecular weight excluding hydrogens is 246 g/mol. The quantitative estimate of drug-likeness (QED) is 0.760. The van der Waals surface area contributed by atoms with E-state index in [1.807, 2.05) is 36.4 Å². The molecule has 0 fully saturated rings. The highest BCUT2D eigenvalue weighted by Crippen LogP contribution is 2.20. The molecule has 1 N–H and O–H groups in total. The number of benzene rings is 2. The third-order valence-corrected chi connectivity index (χ3v) is 3.46. The molecule has 0 spiro atoms. The molecule has 2 nitrogen and oxygen atoms in total. The Morgan fingerprint density at radius 3 is 2.50 bits per heavy atom. The van der Waals surface area contributed by atoms with E-state index >= 15 is 0 Å². The maximum Gasteiger partial charge on any atom is 0.0833 e. The van der Waals surface area contributed by atoms with Gasteiger partial charge in [0.05, 0.1) is 6.61 Å². The van der Waals surface area contributed by atoms with E-state index in [9.17, 15) is 5.11 Å². The summed E-state index contributed by atoms with van der Waals surface area (Å²) in [5.74, 6) is 0. The Morgan fingerprint density at radius 2 is 1.70 bits per heavy atom. The molecule has 0 saturated heterocycles. The number of aromatic nitrogens is 1. The van der Waals surface area contributed by atoms with Crippen LogP contribution in [0.25, 0.3) is 17.0 Å². The molecule has 0 aliphatic carbocycles. The Bertz CT molecular complexity index is 726. The predicted molar refractivity (Wildman–Crippen MR) is 83.3 cm³/mol. The molecule has 20 heavy (non-hydrogen) atoms. The van der Waals surface area contributed by atoms with Crippen molar-refractivity contribution >= 4 is 17.0 Å². The fourth-order valence-electron chi connectivity index (χ4n) is 2.47. The van der Waals surface area contributed by atoms with Crippen molar-refractivity contribution in [2.75, 3.05) is 0 Å². The molecule has 0 aliphatic heterocycles. The second kappa shape index (κ2) is 5.76. The van der Waals surface area contributed by atoms with E-state index in [1.165, 1.54) is 10.9 Å². The average Bonchev–Trinajstić information content (AvgIpc) is 2.87. The van der Waals surface area contributed by atoms with Crippen LogP contribution in [0.2, 0.25) is 0 Å². The molecule has 100 valence electrons. The van der Waals surface area contributed by atoms with Gasteiger partial charge in [0.2, 0.25) is 0 Å². The van der Waals surface area contributed by atoms with Crippen LogP contribution in [-0.2, 0) is 13.2 Å². The third kappa shape index (κ3) is 2.51. The van der Waals surface area contributed by atoms with Crippen LogP contribution in [0.1, 0.15) is 11.3 Å². The van der Waals surface area contributed by atoms with Crippen molar-refractivity contribution in [2.45, 2.75) is 13.2 Å². The summed E-state index contributed by atoms with van der Waals surface area (Å²) in [6.07, 6.45) is 4.23. The van der Waals surface area contributed by atoms with Crippen molar-refractivity contribution in [2.24, 2.45) is 0 Å². The second-order valence-corrected chi connectivity index (χ2v) is 4.78. The number of hydrogen-bond donors (Lipinski definition) is 1. The van der Waals surface area contributed by atoms with Crippen molar-refractivity contribution in [1.29, 1.82) is 0 Å². The summed E-state index contributed by atoms with van der Waals surface area (Å²) in [4.78, 5) is 0. The molecule has 2 heteroatoms. The van der Waals surface area contributed by atoms with Crippen molar-refractivity contribution in [1.82, 2.24) is 4.57 Å². The Morgan fingerprint density at radius 1 is 0.950 bits per heavy atom. The van der Waals surface area contributed by atoms with Gasteiger partial charge in [0.25, 0.3) is 0 Å². The largest absolute Gasteiger partial charge is 0.390 e. The Labute approximate surface area is 118 Å². The van der Waals surface area contributed by atoms with E-state index in [1.54, 1.807) is 0 Å². The molecule has 0 atom stereocenters. The number of fused-ring (bicyclic) bond motifs is 1. The third-order valence-electron chi connectivity index (χ3n) is 3.46. The SMILES string of the molecule is OCc1cc2ccccc2n1C/C=C/c1ccccc1. The summed E-state index contributed by atoms with van der Waals surface area (Å²) < 4.78 is 2.15. The smallest absolute Gasteiger partial charge is 0.0833 e. The summed E-state index contributed by atoms with van der Waals surface area (Å²) in [6.45, 7) is 0.826. The average molecular weight is 263 g/mol. The van der Waals surface area contributed by atoms with Crippen LogP contribution in [-0.4, -0.2) is 9.67 Å². The minimum Gasteiger partial charge on any atom is -0.390 e. The van der Waals surface area contributed by atoms with Crippen LogP contribution in [0.3, 0.4) is 0 Å². The number of hydrogen-bond acceptors (Lipinski definition) is 1. The molecular formula is C18H17NO. The topological polar surface area (TPSA) is 25.2 Å². The van der Waals surface area contributed by atoms with Gasteiger partial charge >= 0.3 is 0 Å². The minimum absolute atomic E-state index is 0.0634. The van der Waals surface area contributed by atoms with Crippen LogP contribution in [0.15, 0.2) is 66.7 Å². The molecule has 0 radical (unpaired) electrons. The second-order valence-electron chi connectivity index (χ2n) is 4.78. The molecule has 0 aliphatic rings. The van der Waals surface area contributed by atoms with Crippen LogP contribution in [0.5, 0.6) is 0 Å². The van der Waals surface area contributed by atoms with E-state index in [2.05, 4.69) is 41.0 Å². The van der Waals surface area contributed by atoms with Crippen LogP contribution in [0, 0.1) is 0 Å². The minimum atomic E-state index is 0.0634. The van der Waals surface area contributed by atoms with E-state index < -0.39 is 0 Å². The maximum absolute atomic E-state index is 9.49. The fourth-order valence-corrected chi connectivity index (χ4v) is 2.47. The van der Waals surface area contributed by atoms with Gasteiger partial charge in [-0.25, -0.2) is 0 Å². The molecule has 1 heterocycles. The fraction of sp³-hybridized carbons (Fsp3) is 0.111. The molecule has 0 bridgehead atoms. The van der Waals surface area contributed by atoms with Gasteiger partial charge in [0.1, 0.15) is 0 Å². The number of nitrogens with zero attached hydrogens (tertiary/aromatic N) is 1. The lowest BCUT2D eigenvalue weighted by atomic mass is 10.2. The predicted octanol–water partition coefficient (Wildman–Crippen LogP) is 3.85. The van der Waals surface area contributed by atoms with Crippen LogP contribution in [0.4, 0.5) is 0 Å².